The summed E-state index contributed by atoms with van der Waals surface area (Å²) < 4.78 is 35.8. The normalized spacial score (nSPS) is 24.4. The van der Waals surface area contributed by atoms with Gasteiger partial charge < -0.3 is 19.7 Å². The summed E-state index contributed by atoms with van der Waals surface area (Å²) in [6.45, 7) is 3.00. The van der Waals surface area contributed by atoms with Gasteiger partial charge in [-0.1, -0.05) is 18.2 Å². The summed E-state index contributed by atoms with van der Waals surface area (Å²) in [6.07, 6.45) is 5.55. The van der Waals surface area contributed by atoms with Gasteiger partial charge in [-0.2, -0.15) is 0 Å². The maximum atomic E-state index is 14.0. The Morgan fingerprint density at radius 2 is 2.18 bits per heavy atom. The molecule has 0 amide bonds. The van der Waals surface area contributed by atoms with Gasteiger partial charge in [-0.05, 0) is 66.6 Å². The van der Waals surface area contributed by atoms with Crippen molar-refractivity contribution in [2.45, 2.75) is 23.7 Å². The van der Waals surface area contributed by atoms with Gasteiger partial charge in [-0.15, -0.1) is 0 Å². The number of anilines is 1. The highest BCUT2D eigenvalue weighted by molar-refractivity contribution is 7.86. The number of rotatable bonds is 8. The van der Waals surface area contributed by atoms with Crippen LogP contribution in [0.1, 0.15) is 40.2 Å². The van der Waals surface area contributed by atoms with Crippen LogP contribution in [0, 0.1) is 17.7 Å². The maximum Gasteiger partial charge on any atom is 0.341 e. The van der Waals surface area contributed by atoms with Crippen molar-refractivity contribution in [3.05, 3.63) is 58.9 Å². The fourth-order valence-corrected chi connectivity index (χ4v) is 5.89. The number of halogens is 1. The number of benzene rings is 2. The lowest BCUT2D eigenvalue weighted by atomic mass is 10.0. The molecule has 0 radical (unpaired) electrons. The molecule has 0 spiro atoms. The van der Waals surface area contributed by atoms with Crippen molar-refractivity contribution in [2.75, 3.05) is 37.6 Å². The molecule has 1 unspecified atom stereocenters. The SMILES string of the molecule is O=C(O)c1c(NS(=O)c2ccc(F)cc2/C=C\CN2CC[C@@H](CO)C2)ccc2c1OC[C@@H]1C[C@H]21. The van der Waals surface area contributed by atoms with Crippen LogP contribution in [-0.2, 0) is 11.0 Å². The molecule has 0 aromatic heterocycles. The first-order chi connectivity index (χ1) is 16.4. The number of fused-ring (bicyclic) bond motifs is 3. The number of aliphatic hydroxyl groups is 1. The van der Waals surface area contributed by atoms with Crippen LogP contribution in [0.2, 0.25) is 0 Å². The van der Waals surface area contributed by atoms with Gasteiger partial charge in [0.15, 0.2) is 11.0 Å². The van der Waals surface area contributed by atoms with Crippen LogP contribution in [0.25, 0.3) is 6.08 Å². The van der Waals surface area contributed by atoms with Gasteiger partial charge in [0.1, 0.15) is 17.1 Å². The van der Waals surface area contributed by atoms with Gasteiger partial charge in [0.25, 0.3) is 0 Å². The molecule has 3 N–H and O–H groups in total. The molecule has 1 saturated carbocycles. The number of likely N-dealkylation sites (tertiary alicyclic amines) is 1. The molecule has 4 atom stereocenters. The van der Waals surface area contributed by atoms with E-state index in [0.29, 0.717) is 41.2 Å². The summed E-state index contributed by atoms with van der Waals surface area (Å²) in [7, 11) is -1.83. The van der Waals surface area contributed by atoms with E-state index in [1.165, 1.54) is 18.2 Å². The van der Waals surface area contributed by atoms with Crippen LogP contribution >= 0.6 is 0 Å². The minimum absolute atomic E-state index is 0.0251. The number of nitrogens with one attached hydrogen (secondary N) is 1. The molecule has 2 aromatic carbocycles. The Morgan fingerprint density at radius 1 is 1.32 bits per heavy atom. The smallest absolute Gasteiger partial charge is 0.341 e. The van der Waals surface area contributed by atoms with Gasteiger partial charge in [0.2, 0.25) is 0 Å². The summed E-state index contributed by atoms with van der Waals surface area (Å²) >= 11 is 0. The van der Waals surface area contributed by atoms with E-state index in [9.17, 15) is 23.6 Å². The Labute approximate surface area is 199 Å². The molecule has 2 fully saturated rings. The summed E-state index contributed by atoms with van der Waals surface area (Å²) in [5.41, 5.74) is 1.52. The fraction of sp³-hybridized carbons (Fsp3) is 0.400. The fourth-order valence-electron chi connectivity index (χ4n) is 4.88. The predicted octanol–water partition coefficient (Wildman–Crippen LogP) is 3.48. The second-order valence-corrected chi connectivity index (χ2v) is 10.4. The highest BCUT2D eigenvalue weighted by Gasteiger charge is 2.45. The number of carboxylic acids is 1. The molecule has 2 aromatic rings. The standard InChI is InChI=1S/C25H27FN2O5S/c26-18-3-6-22(16(10-18)2-1-8-28-9-7-15(12-28)13-29)34(32)27-21-5-4-19-20-11-17(20)14-33-24(19)23(21)25(30)31/h1-6,10,15,17,20,27,29H,7-9,11-14H2,(H,30,31)/b2-1-/t15-,17+,20+,34?/m1/s1. The lowest BCUT2D eigenvalue weighted by molar-refractivity contribution is 0.0692. The molecule has 2 aliphatic heterocycles. The zero-order valence-electron chi connectivity index (χ0n) is 18.6. The molecule has 7 nitrogen and oxygen atoms in total. The number of aromatic carboxylic acids is 1. The third kappa shape index (κ3) is 4.60. The van der Waals surface area contributed by atoms with Crippen LogP contribution in [-0.4, -0.2) is 58.1 Å². The molecule has 5 rings (SSSR count). The molecular formula is C25H27FN2O5S. The number of aliphatic hydroxyl groups excluding tert-OH is 1. The molecule has 1 aliphatic carbocycles. The van der Waals surface area contributed by atoms with E-state index >= 15 is 0 Å². The lowest BCUT2D eigenvalue weighted by Crippen LogP contribution is -2.21. The van der Waals surface area contributed by atoms with E-state index in [-0.39, 0.29) is 23.8 Å². The molecular weight excluding hydrogens is 459 g/mol. The van der Waals surface area contributed by atoms with Crippen LogP contribution < -0.4 is 9.46 Å². The highest BCUT2D eigenvalue weighted by Crippen LogP contribution is 2.55. The van der Waals surface area contributed by atoms with E-state index in [4.69, 9.17) is 4.74 Å². The number of nitrogens with zero attached hydrogens (tertiary/aromatic N) is 1. The lowest BCUT2D eigenvalue weighted by Gasteiger charge is -2.21. The number of carboxylic acid groups (broad SMARTS) is 1. The molecule has 34 heavy (non-hydrogen) atoms. The summed E-state index contributed by atoms with van der Waals surface area (Å²) in [5.74, 6) is -0.191. The quantitative estimate of drug-likeness (QED) is 0.529. The largest absolute Gasteiger partial charge is 0.492 e. The summed E-state index contributed by atoms with van der Waals surface area (Å²) in [6, 6.07) is 7.47. The van der Waals surface area contributed by atoms with Crippen LogP contribution in [0.3, 0.4) is 0 Å². The third-order valence-corrected chi connectivity index (χ3v) is 8.01. The van der Waals surface area contributed by atoms with Crippen molar-refractivity contribution in [3.63, 3.8) is 0 Å². The zero-order chi connectivity index (χ0) is 23.8. The van der Waals surface area contributed by atoms with Crippen molar-refractivity contribution in [3.8, 4) is 5.75 Å². The first-order valence-corrected chi connectivity index (χ1v) is 12.6. The average Bonchev–Trinajstić information content (AvgIpc) is 3.48. The maximum absolute atomic E-state index is 14.0. The highest BCUT2D eigenvalue weighted by atomic mass is 32.2. The average molecular weight is 487 g/mol. The van der Waals surface area contributed by atoms with E-state index in [1.54, 1.807) is 12.1 Å². The first kappa shape index (κ1) is 23.0. The zero-order valence-corrected chi connectivity index (χ0v) is 19.4. The number of hydrogen-bond acceptors (Lipinski definition) is 5. The monoisotopic (exact) mass is 486 g/mol. The second-order valence-electron chi connectivity index (χ2n) is 9.18. The van der Waals surface area contributed by atoms with Crippen molar-refractivity contribution in [1.29, 1.82) is 0 Å². The predicted molar refractivity (Wildman–Crippen MR) is 127 cm³/mol. The topological polar surface area (TPSA) is 99.1 Å². The Hall–Kier alpha value is -2.75. The molecule has 1 saturated heterocycles. The van der Waals surface area contributed by atoms with Crippen molar-refractivity contribution < 1.29 is 28.3 Å². The van der Waals surface area contributed by atoms with Crippen LogP contribution in [0.5, 0.6) is 5.75 Å². The van der Waals surface area contributed by atoms with Gasteiger partial charge in [-0.25, -0.2) is 13.4 Å². The third-order valence-electron chi connectivity index (χ3n) is 6.83. The van der Waals surface area contributed by atoms with Crippen molar-refractivity contribution in [1.82, 2.24) is 4.90 Å². The Kier molecular flexibility index (Phi) is 6.42. The van der Waals surface area contributed by atoms with Crippen LogP contribution in [0.15, 0.2) is 41.3 Å². The molecule has 0 bridgehead atoms. The van der Waals surface area contributed by atoms with Gasteiger partial charge in [0.05, 0.1) is 17.2 Å². The second kappa shape index (κ2) is 9.48. The number of ether oxygens (including phenoxy) is 1. The number of carbonyl (C=O) groups is 1. The molecule has 3 aliphatic rings. The van der Waals surface area contributed by atoms with Gasteiger partial charge >= 0.3 is 5.97 Å². The molecule has 9 heteroatoms. The van der Waals surface area contributed by atoms with E-state index in [1.807, 2.05) is 12.1 Å². The molecule has 180 valence electrons. The minimum Gasteiger partial charge on any atom is -0.492 e. The Morgan fingerprint density at radius 3 is 2.94 bits per heavy atom. The van der Waals surface area contributed by atoms with Gasteiger partial charge in [-0.3, -0.25) is 4.90 Å². The van der Waals surface area contributed by atoms with E-state index < -0.39 is 22.8 Å². The van der Waals surface area contributed by atoms with Gasteiger partial charge in [0, 0.05) is 25.6 Å². The minimum atomic E-state index is -1.83. The van der Waals surface area contributed by atoms with Crippen molar-refractivity contribution >= 4 is 28.7 Å². The van der Waals surface area contributed by atoms with Crippen molar-refractivity contribution in [2.24, 2.45) is 11.8 Å². The Balaban J connectivity index is 1.36. The van der Waals surface area contributed by atoms with Crippen LogP contribution in [0.4, 0.5) is 10.1 Å². The van der Waals surface area contributed by atoms with E-state index in [2.05, 4.69) is 9.62 Å². The molecule has 2 heterocycles. The number of hydrogen-bond donors (Lipinski definition) is 3. The van der Waals surface area contributed by atoms with E-state index in [0.717, 1.165) is 31.5 Å². The Bertz CT molecular complexity index is 1170. The summed E-state index contributed by atoms with van der Waals surface area (Å²) in [5, 5.41) is 19.2. The first-order valence-electron chi connectivity index (χ1n) is 11.4. The summed E-state index contributed by atoms with van der Waals surface area (Å²) in [4.78, 5) is 14.6.